The maximum Gasteiger partial charge on any atom is 0.319 e. The Balaban J connectivity index is 1.28. The summed E-state index contributed by atoms with van der Waals surface area (Å²) in [7, 11) is 1.79. The van der Waals surface area contributed by atoms with E-state index in [0.29, 0.717) is 18.3 Å². The van der Waals surface area contributed by atoms with Crippen molar-refractivity contribution in [3.05, 3.63) is 59.4 Å². The summed E-state index contributed by atoms with van der Waals surface area (Å²) in [5.74, 6) is 0.867. The Morgan fingerprint density at radius 2 is 2.00 bits per heavy atom. The van der Waals surface area contributed by atoms with E-state index >= 15 is 0 Å². The molecule has 2 N–H and O–H groups in total. The van der Waals surface area contributed by atoms with Gasteiger partial charge in [0.15, 0.2) is 5.82 Å². The molecule has 0 spiro atoms. The lowest BCUT2D eigenvalue weighted by molar-refractivity contribution is 0.174. The number of hydrogen-bond acceptors (Lipinski definition) is 5. The van der Waals surface area contributed by atoms with E-state index in [0.717, 1.165) is 67.7 Å². The Labute approximate surface area is 199 Å². The first kappa shape index (κ1) is 23.8. The number of likely N-dealkylation sites (tertiary alicyclic amines) is 1. The van der Waals surface area contributed by atoms with Crippen LogP contribution in [0, 0.1) is 11.7 Å². The molecule has 1 aliphatic heterocycles. The van der Waals surface area contributed by atoms with Crippen molar-refractivity contribution in [2.75, 3.05) is 31.5 Å². The van der Waals surface area contributed by atoms with Crippen LogP contribution in [0.15, 0.2) is 42.5 Å². The number of piperidine rings is 1. The van der Waals surface area contributed by atoms with E-state index < -0.39 is 0 Å². The molecule has 1 atom stereocenters. The number of tetrazole rings is 1. The minimum Gasteiger partial charge on any atom is -0.338 e. The molecule has 9 heteroatoms. The number of benzene rings is 2. The van der Waals surface area contributed by atoms with Crippen LogP contribution < -0.4 is 10.6 Å². The zero-order valence-corrected chi connectivity index (χ0v) is 19.8. The van der Waals surface area contributed by atoms with E-state index in [1.54, 1.807) is 11.7 Å². The first-order valence-electron chi connectivity index (χ1n) is 11.9. The number of nitrogens with one attached hydrogen (secondary N) is 2. The van der Waals surface area contributed by atoms with Crippen molar-refractivity contribution in [2.24, 2.45) is 13.0 Å². The highest BCUT2D eigenvalue weighted by Crippen LogP contribution is 2.23. The number of hydrogen-bond donors (Lipinski definition) is 2. The quantitative estimate of drug-likeness (QED) is 0.530. The normalized spacial score (nSPS) is 16.4. The molecule has 1 fully saturated rings. The lowest BCUT2D eigenvalue weighted by atomic mass is 9.97. The molecule has 34 heavy (non-hydrogen) atoms. The number of halogens is 1. The van der Waals surface area contributed by atoms with Crippen molar-refractivity contribution in [1.82, 2.24) is 30.4 Å². The van der Waals surface area contributed by atoms with Gasteiger partial charge in [-0.25, -0.2) is 13.9 Å². The molecule has 0 unspecified atom stereocenters. The number of carbonyl (C=O) groups is 1. The molecule has 0 saturated carbocycles. The first-order chi connectivity index (χ1) is 16.5. The third-order valence-corrected chi connectivity index (χ3v) is 6.32. The van der Waals surface area contributed by atoms with Crippen LogP contribution >= 0.6 is 0 Å². The molecule has 180 valence electrons. The summed E-state index contributed by atoms with van der Waals surface area (Å²) < 4.78 is 14.7. The zero-order valence-electron chi connectivity index (χ0n) is 19.8. The molecule has 4 rings (SSSR count). The van der Waals surface area contributed by atoms with Crippen molar-refractivity contribution >= 4 is 11.7 Å². The molecule has 1 aliphatic rings. The van der Waals surface area contributed by atoms with Gasteiger partial charge in [-0.15, -0.1) is 5.10 Å². The number of amides is 2. The lowest BCUT2D eigenvalue weighted by Crippen LogP contribution is -2.42. The van der Waals surface area contributed by atoms with E-state index in [1.165, 1.54) is 12.1 Å². The molecule has 1 aromatic heterocycles. The van der Waals surface area contributed by atoms with Gasteiger partial charge in [-0.05, 0) is 90.0 Å². The van der Waals surface area contributed by atoms with E-state index in [1.807, 2.05) is 30.3 Å². The maximum absolute atomic E-state index is 13.1. The molecule has 2 amide bonds. The fourth-order valence-electron chi connectivity index (χ4n) is 4.44. The predicted molar refractivity (Wildman–Crippen MR) is 130 cm³/mol. The van der Waals surface area contributed by atoms with Crippen LogP contribution in [0.2, 0.25) is 0 Å². The number of rotatable bonds is 8. The average molecular weight is 466 g/mol. The number of aryl methyl sites for hydroxylation is 2. The predicted octanol–water partition coefficient (Wildman–Crippen LogP) is 3.65. The summed E-state index contributed by atoms with van der Waals surface area (Å²) in [6, 6.07) is 12.4. The Hall–Kier alpha value is -3.33. The topological polar surface area (TPSA) is 88.0 Å². The van der Waals surface area contributed by atoms with Crippen LogP contribution in [0.4, 0.5) is 14.9 Å². The highest BCUT2D eigenvalue weighted by molar-refractivity contribution is 5.90. The fourth-order valence-corrected chi connectivity index (χ4v) is 4.44. The average Bonchev–Trinajstić information content (AvgIpc) is 3.28. The van der Waals surface area contributed by atoms with Crippen molar-refractivity contribution < 1.29 is 9.18 Å². The third-order valence-electron chi connectivity index (χ3n) is 6.32. The highest BCUT2D eigenvalue weighted by Gasteiger charge is 2.20. The molecule has 0 aliphatic carbocycles. The Morgan fingerprint density at radius 3 is 2.74 bits per heavy atom. The number of anilines is 1. The summed E-state index contributed by atoms with van der Waals surface area (Å²) in [6.45, 7) is 5.66. The molecular formula is C25H32FN7O. The van der Waals surface area contributed by atoms with Crippen molar-refractivity contribution in [3.63, 3.8) is 0 Å². The van der Waals surface area contributed by atoms with Gasteiger partial charge in [0.05, 0.1) is 0 Å². The van der Waals surface area contributed by atoms with Crippen LogP contribution in [-0.4, -0.2) is 57.3 Å². The van der Waals surface area contributed by atoms with Crippen molar-refractivity contribution in [1.29, 1.82) is 0 Å². The molecule has 3 aromatic rings. The minimum atomic E-state index is -0.210. The van der Waals surface area contributed by atoms with Gasteiger partial charge in [0, 0.05) is 37.9 Å². The molecule has 0 radical (unpaired) electrons. The van der Waals surface area contributed by atoms with Crippen LogP contribution in [0.3, 0.4) is 0 Å². The van der Waals surface area contributed by atoms with Gasteiger partial charge >= 0.3 is 6.03 Å². The van der Waals surface area contributed by atoms with E-state index in [9.17, 15) is 9.18 Å². The summed E-state index contributed by atoms with van der Waals surface area (Å²) in [5.41, 5.74) is 3.83. The molecule has 0 bridgehead atoms. The Bertz CT molecular complexity index is 1100. The Morgan fingerprint density at radius 1 is 1.18 bits per heavy atom. The van der Waals surface area contributed by atoms with Crippen molar-refractivity contribution in [2.45, 2.75) is 32.6 Å². The molecule has 8 nitrogen and oxygen atoms in total. The summed E-state index contributed by atoms with van der Waals surface area (Å²) in [6.07, 6.45) is 3.95. The molecule has 1 saturated heterocycles. The summed E-state index contributed by atoms with van der Waals surface area (Å²) in [5, 5.41) is 17.7. The van der Waals surface area contributed by atoms with E-state index in [2.05, 4.69) is 38.0 Å². The standard InChI is InChI=1S/C25H32FN7O/c1-3-18-13-21(24-29-30-31-32(24)2)15-23(14-18)28-25(34)27-16-20-5-4-11-33(17-20)12-10-19-6-8-22(26)9-7-19/h6-9,13-15,20H,3-5,10-12,16-17H2,1-2H3,(H2,27,28,34)/t20-/m1/s1. The first-order valence-corrected chi connectivity index (χ1v) is 11.9. The van der Waals surface area contributed by atoms with Crippen LogP contribution in [0.1, 0.15) is 30.9 Å². The van der Waals surface area contributed by atoms with Gasteiger partial charge in [0.25, 0.3) is 0 Å². The van der Waals surface area contributed by atoms with Gasteiger partial charge < -0.3 is 15.5 Å². The van der Waals surface area contributed by atoms with Gasteiger partial charge in [-0.3, -0.25) is 0 Å². The largest absolute Gasteiger partial charge is 0.338 e. The van der Waals surface area contributed by atoms with Crippen LogP contribution in [0.25, 0.3) is 11.4 Å². The zero-order chi connectivity index (χ0) is 23.9. The third kappa shape index (κ3) is 6.38. The maximum atomic E-state index is 13.1. The monoisotopic (exact) mass is 465 g/mol. The van der Waals surface area contributed by atoms with Gasteiger partial charge in [0.1, 0.15) is 5.82 Å². The number of carbonyl (C=O) groups excluding carboxylic acids is 1. The van der Waals surface area contributed by atoms with Gasteiger partial charge in [0.2, 0.25) is 0 Å². The molecule has 2 heterocycles. The number of nitrogens with zero attached hydrogens (tertiary/aromatic N) is 5. The smallest absolute Gasteiger partial charge is 0.319 e. The Kier molecular flexibility index (Phi) is 7.84. The summed E-state index contributed by atoms with van der Waals surface area (Å²) >= 11 is 0. The second-order valence-electron chi connectivity index (χ2n) is 8.92. The second-order valence-corrected chi connectivity index (χ2v) is 8.92. The highest BCUT2D eigenvalue weighted by atomic mass is 19.1. The number of aromatic nitrogens is 4. The van der Waals surface area contributed by atoms with E-state index in [-0.39, 0.29) is 11.8 Å². The van der Waals surface area contributed by atoms with E-state index in [4.69, 9.17) is 0 Å². The van der Waals surface area contributed by atoms with Gasteiger partial charge in [-0.2, -0.15) is 0 Å². The fraction of sp³-hybridized carbons (Fsp3) is 0.440. The lowest BCUT2D eigenvalue weighted by Gasteiger charge is -2.32. The van der Waals surface area contributed by atoms with Gasteiger partial charge in [-0.1, -0.05) is 19.1 Å². The van der Waals surface area contributed by atoms with Crippen LogP contribution in [0.5, 0.6) is 0 Å². The molecular weight excluding hydrogens is 433 g/mol. The molecule has 2 aromatic carbocycles. The minimum absolute atomic E-state index is 0.200. The summed E-state index contributed by atoms with van der Waals surface area (Å²) in [4.78, 5) is 15.1. The number of urea groups is 1. The van der Waals surface area contributed by atoms with Crippen LogP contribution in [-0.2, 0) is 19.9 Å². The SMILES string of the molecule is CCc1cc(NC(=O)NC[C@H]2CCCN(CCc3ccc(F)cc3)C2)cc(-c2nnnn2C)c1. The second kappa shape index (κ2) is 11.2. The van der Waals surface area contributed by atoms with Crippen molar-refractivity contribution in [3.8, 4) is 11.4 Å².